The van der Waals surface area contributed by atoms with Crippen molar-refractivity contribution in [2.24, 2.45) is 0 Å². The molecule has 1 saturated heterocycles. The Labute approximate surface area is 80.4 Å². The molecular formula is C8H11NO5. The number of rotatable bonds is 1. The molecule has 0 aromatic heterocycles. The lowest BCUT2D eigenvalue weighted by molar-refractivity contribution is -0.149. The standard InChI is InChI=1S/C8H11NO5/c1-14-7(11)6-4-5(10)2-3-9(6)8(12)13/h6H,2-4H2,1H3,(H,12,13). The first kappa shape index (κ1) is 10.5. The van der Waals surface area contributed by atoms with Crippen molar-refractivity contribution in [3.63, 3.8) is 0 Å². The molecule has 78 valence electrons. The molecule has 0 spiro atoms. The molecule has 1 unspecified atom stereocenters. The Morgan fingerprint density at radius 3 is 2.71 bits per heavy atom. The maximum Gasteiger partial charge on any atom is 0.408 e. The highest BCUT2D eigenvalue weighted by Crippen LogP contribution is 2.15. The van der Waals surface area contributed by atoms with E-state index < -0.39 is 18.1 Å². The first-order valence-electron chi connectivity index (χ1n) is 4.15. The van der Waals surface area contributed by atoms with E-state index in [9.17, 15) is 14.4 Å². The van der Waals surface area contributed by atoms with E-state index in [-0.39, 0.29) is 25.2 Å². The Kier molecular flexibility index (Phi) is 3.06. The second kappa shape index (κ2) is 4.08. The van der Waals surface area contributed by atoms with E-state index in [0.717, 1.165) is 4.90 Å². The van der Waals surface area contributed by atoms with Crippen molar-refractivity contribution in [2.75, 3.05) is 13.7 Å². The van der Waals surface area contributed by atoms with Crippen LogP contribution in [0, 0.1) is 0 Å². The van der Waals surface area contributed by atoms with Gasteiger partial charge in [0.25, 0.3) is 0 Å². The first-order valence-corrected chi connectivity index (χ1v) is 4.15. The molecule has 0 aromatic rings. The van der Waals surface area contributed by atoms with Crippen molar-refractivity contribution in [3.8, 4) is 0 Å². The number of Topliss-reactive ketones (excluding diaryl/α,β-unsaturated/α-hetero) is 1. The van der Waals surface area contributed by atoms with Crippen LogP contribution in [0.5, 0.6) is 0 Å². The smallest absolute Gasteiger partial charge is 0.408 e. The molecule has 6 heteroatoms. The van der Waals surface area contributed by atoms with E-state index in [0.29, 0.717) is 0 Å². The zero-order valence-corrected chi connectivity index (χ0v) is 7.73. The molecule has 1 aliphatic rings. The number of nitrogens with zero attached hydrogens (tertiary/aromatic N) is 1. The average molecular weight is 201 g/mol. The van der Waals surface area contributed by atoms with Crippen LogP contribution in [0.25, 0.3) is 0 Å². The molecule has 0 bridgehead atoms. The SMILES string of the molecule is COC(=O)C1CC(=O)CCN1C(=O)O. The number of methoxy groups -OCH3 is 1. The number of amides is 1. The van der Waals surface area contributed by atoms with Crippen LogP contribution in [0.2, 0.25) is 0 Å². The molecule has 1 atom stereocenters. The van der Waals surface area contributed by atoms with E-state index in [1.54, 1.807) is 0 Å². The minimum absolute atomic E-state index is 0.0634. The van der Waals surface area contributed by atoms with Crippen LogP contribution in [0.4, 0.5) is 4.79 Å². The van der Waals surface area contributed by atoms with Crippen molar-refractivity contribution in [3.05, 3.63) is 0 Å². The highest BCUT2D eigenvalue weighted by atomic mass is 16.5. The molecule has 1 N–H and O–H groups in total. The number of piperidine rings is 1. The third kappa shape index (κ3) is 2.01. The van der Waals surface area contributed by atoms with Gasteiger partial charge in [-0.2, -0.15) is 0 Å². The quantitative estimate of drug-likeness (QED) is 0.597. The first-order chi connectivity index (χ1) is 6.56. The van der Waals surface area contributed by atoms with E-state index in [1.165, 1.54) is 7.11 Å². The van der Waals surface area contributed by atoms with E-state index in [2.05, 4.69) is 4.74 Å². The van der Waals surface area contributed by atoms with Crippen LogP contribution in [0.1, 0.15) is 12.8 Å². The zero-order valence-electron chi connectivity index (χ0n) is 7.73. The van der Waals surface area contributed by atoms with Crippen LogP contribution in [0.3, 0.4) is 0 Å². The molecular weight excluding hydrogens is 190 g/mol. The van der Waals surface area contributed by atoms with Crippen molar-refractivity contribution >= 4 is 17.8 Å². The van der Waals surface area contributed by atoms with Gasteiger partial charge < -0.3 is 9.84 Å². The average Bonchev–Trinajstić information content (AvgIpc) is 2.16. The molecule has 1 heterocycles. The number of esters is 1. The maximum atomic E-state index is 11.1. The van der Waals surface area contributed by atoms with Gasteiger partial charge in [-0.3, -0.25) is 9.69 Å². The summed E-state index contributed by atoms with van der Waals surface area (Å²) < 4.78 is 4.42. The fourth-order valence-electron chi connectivity index (χ4n) is 1.40. The lowest BCUT2D eigenvalue weighted by Crippen LogP contribution is -2.50. The summed E-state index contributed by atoms with van der Waals surface area (Å²) in [6.45, 7) is 0.0634. The monoisotopic (exact) mass is 201 g/mol. The van der Waals surface area contributed by atoms with Crippen molar-refractivity contribution < 1.29 is 24.2 Å². The van der Waals surface area contributed by atoms with Crippen LogP contribution in [-0.2, 0) is 14.3 Å². The summed E-state index contributed by atoms with van der Waals surface area (Å²) in [7, 11) is 1.17. The molecule has 1 rings (SSSR count). The van der Waals surface area contributed by atoms with Crippen molar-refractivity contribution in [1.29, 1.82) is 0 Å². The summed E-state index contributed by atoms with van der Waals surface area (Å²) in [5, 5.41) is 8.75. The maximum absolute atomic E-state index is 11.1. The summed E-state index contributed by atoms with van der Waals surface area (Å²) in [6.07, 6.45) is -1.12. The van der Waals surface area contributed by atoms with Gasteiger partial charge in [0, 0.05) is 19.4 Å². The second-order valence-electron chi connectivity index (χ2n) is 3.01. The summed E-state index contributed by atoms with van der Waals surface area (Å²) in [5.74, 6) is -0.793. The van der Waals surface area contributed by atoms with Crippen LogP contribution < -0.4 is 0 Å². The van der Waals surface area contributed by atoms with Crippen LogP contribution in [-0.4, -0.2) is 47.5 Å². The molecule has 1 fully saturated rings. The predicted molar refractivity (Wildman–Crippen MR) is 44.8 cm³/mol. The Morgan fingerprint density at radius 2 is 2.21 bits per heavy atom. The molecule has 0 aromatic carbocycles. The van der Waals surface area contributed by atoms with Gasteiger partial charge in [-0.15, -0.1) is 0 Å². The zero-order chi connectivity index (χ0) is 10.7. The summed E-state index contributed by atoms with van der Waals surface area (Å²) in [6, 6.07) is -0.973. The fourth-order valence-corrected chi connectivity index (χ4v) is 1.40. The number of hydrogen-bond donors (Lipinski definition) is 1. The Balaban J connectivity index is 2.78. The van der Waals surface area contributed by atoms with Gasteiger partial charge in [0.1, 0.15) is 11.8 Å². The highest BCUT2D eigenvalue weighted by molar-refractivity contribution is 5.90. The molecule has 1 amide bonds. The summed E-state index contributed by atoms with van der Waals surface area (Å²) in [4.78, 5) is 33.8. The third-order valence-corrected chi connectivity index (χ3v) is 2.15. The third-order valence-electron chi connectivity index (χ3n) is 2.15. The normalized spacial score (nSPS) is 21.9. The highest BCUT2D eigenvalue weighted by Gasteiger charge is 2.36. The van der Waals surface area contributed by atoms with Gasteiger partial charge in [-0.25, -0.2) is 9.59 Å². The summed E-state index contributed by atoms with van der Waals surface area (Å²) in [5.41, 5.74) is 0. The van der Waals surface area contributed by atoms with E-state index >= 15 is 0 Å². The minimum Gasteiger partial charge on any atom is -0.467 e. The lowest BCUT2D eigenvalue weighted by Gasteiger charge is -2.30. The van der Waals surface area contributed by atoms with Gasteiger partial charge in [-0.05, 0) is 0 Å². The number of ketones is 1. The van der Waals surface area contributed by atoms with Gasteiger partial charge >= 0.3 is 12.1 Å². The molecule has 0 aliphatic carbocycles. The molecule has 1 aliphatic heterocycles. The van der Waals surface area contributed by atoms with Crippen molar-refractivity contribution in [1.82, 2.24) is 4.90 Å². The van der Waals surface area contributed by atoms with Crippen LogP contribution in [0.15, 0.2) is 0 Å². The topological polar surface area (TPSA) is 83.9 Å². The predicted octanol–water partition coefficient (Wildman–Crippen LogP) is -0.129. The van der Waals surface area contributed by atoms with E-state index in [1.807, 2.05) is 0 Å². The van der Waals surface area contributed by atoms with Gasteiger partial charge in [0.2, 0.25) is 0 Å². The minimum atomic E-state index is -1.20. The number of carbonyl (C=O) groups is 3. The van der Waals surface area contributed by atoms with Gasteiger partial charge in [0.15, 0.2) is 0 Å². The van der Waals surface area contributed by atoms with Crippen LogP contribution >= 0.6 is 0 Å². The second-order valence-corrected chi connectivity index (χ2v) is 3.01. The number of carboxylic acid groups (broad SMARTS) is 1. The number of carbonyl (C=O) groups excluding carboxylic acids is 2. The van der Waals surface area contributed by atoms with Gasteiger partial charge in [-0.1, -0.05) is 0 Å². The largest absolute Gasteiger partial charge is 0.467 e. The number of hydrogen-bond acceptors (Lipinski definition) is 4. The Morgan fingerprint density at radius 1 is 1.57 bits per heavy atom. The summed E-state index contributed by atoms with van der Waals surface area (Å²) >= 11 is 0. The Bertz CT molecular complexity index is 275. The fraction of sp³-hybridized carbons (Fsp3) is 0.625. The van der Waals surface area contributed by atoms with Crippen molar-refractivity contribution in [2.45, 2.75) is 18.9 Å². The van der Waals surface area contributed by atoms with E-state index in [4.69, 9.17) is 5.11 Å². The molecule has 0 radical (unpaired) electrons. The lowest BCUT2D eigenvalue weighted by atomic mass is 10.0. The number of likely N-dealkylation sites (tertiary alicyclic amines) is 1. The number of ether oxygens (including phenoxy) is 1. The molecule has 14 heavy (non-hydrogen) atoms. The molecule has 0 saturated carbocycles. The van der Waals surface area contributed by atoms with Gasteiger partial charge in [0.05, 0.1) is 7.11 Å². The molecule has 6 nitrogen and oxygen atoms in total. The Hall–Kier alpha value is -1.59.